The minimum absolute atomic E-state index is 0.0608. The predicted molar refractivity (Wildman–Crippen MR) is 111 cm³/mol. The Hall–Kier alpha value is -3.22. The van der Waals surface area contributed by atoms with Gasteiger partial charge in [0.2, 0.25) is 0 Å². The molecule has 146 valence electrons. The zero-order valence-corrected chi connectivity index (χ0v) is 16.3. The fourth-order valence-corrected chi connectivity index (χ4v) is 3.85. The lowest BCUT2D eigenvalue weighted by Gasteiger charge is -2.35. The summed E-state index contributed by atoms with van der Waals surface area (Å²) < 4.78 is 7.39. The SMILES string of the molecule is CCn1c(C(=O)N2CCN(c3ncccc3N)CC2)cc2cc(OC)ccc21. The van der Waals surface area contributed by atoms with Crippen molar-refractivity contribution in [3.05, 3.63) is 48.3 Å². The van der Waals surface area contributed by atoms with E-state index in [0.29, 0.717) is 31.9 Å². The molecule has 1 fully saturated rings. The number of fused-ring (bicyclic) bond motifs is 1. The number of aromatic nitrogens is 2. The van der Waals surface area contributed by atoms with Crippen LogP contribution in [0, 0.1) is 0 Å². The summed E-state index contributed by atoms with van der Waals surface area (Å²) in [6, 6.07) is 11.6. The highest BCUT2D eigenvalue weighted by atomic mass is 16.5. The van der Waals surface area contributed by atoms with Gasteiger partial charge in [0.15, 0.2) is 5.82 Å². The zero-order valence-electron chi connectivity index (χ0n) is 16.3. The molecule has 0 unspecified atom stereocenters. The second-order valence-corrected chi connectivity index (χ2v) is 6.89. The van der Waals surface area contributed by atoms with Crippen LogP contribution in [0.3, 0.4) is 0 Å². The van der Waals surface area contributed by atoms with E-state index in [1.54, 1.807) is 13.3 Å². The Morgan fingerprint density at radius 3 is 2.64 bits per heavy atom. The van der Waals surface area contributed by atoms with E-state index < -0.39 is 0 Å². The van der Waals surface area contributed by atoms with Crippen molar-refractivity contribution in [2.45, 2.75) is 13.5 Å². The maximum atomic E-state index is 13.2. The summed E-state index contributed by atoms with van der Waals surface area (Å²) >= 11 is 0. The molecule has 28 heavy (non-hydrogen) atoms. The molecule has 3 aromatic rings. The van der Waals surface area contributed by atoms with Gasteiger partial charge in [0.25, 0.3) is 5.91 Å². The number of rotatable bonds is 4. The van der Waals surface area contributed by atoms with Crippen LogP contribution >= 0.6 is 0 Å². The summed E-state index contributed by atoms with van der Waals surface area (Å²) in [4.78, 5) is 21.7. The second-order valence-electron chi connectivity index (χ2n) is 6.89. The van der Waals surface area contributed by atoms with Crippen LogP contribution in [0.25, 0.3) is 10.9 Å². The van der Waals surface area contributed by atoms with E-state index in [4.69, 9.17) is 10.5 Å². The van der Waals surface area contributed by atoms with Crippen molar-refractivity contribution in [3.8, 4) is 5.75 Å². The number of pyridine rings is 1. The van der Waals surface area contributed by atoms with Gasteiger partial charge in [-0.25, -0.2) is 4.98 Å². The molecular weight excluding hydrogens is 354 g/mol. The molecule has 0 aliphatic carbocycles. The third-order valence-electron chi connectivity index (χ3n) is 5.33. The molecule has 0 saturated carbocycles. The lowest BCUT2D eigenvalue weighted by atomic mass is 10.2. The van der Waals surface area contributed by atoms with Crippen LogP contribution in [0.5, 0.6) is 5.75 Å². The molecule has 4 rings (SSSR count). The lowest BCUT2D eigenvalue weighted by molar-refractivity contribution is 0.0736. The highest BCUT2D eigenvalue weighted by Crippen LogP contribution is 2.26. The Labute approximate surface area is 164 Å². The molecule has 1 aromatic carbocycles. The quantitative estimate of drug-likeness (QED) is 0.754. The molecule has 0 spiro atoms. The number of hydrogen-bond donors (Lipinski definition) is 1. The Balaban J connectivity index is 1.55. The highest BCUT2D eigenvalue weighted by molar-refractivity contribution is 5.99. The topological polar surface area (TPSA) is 76.6 Å². The normalized spacial score (nSPS) is 14.5. The number of anilines is 2. The number of carbonyl (C=O) groups excluding carboxylic acids is 1. The predicted octanol–water partition coefficient (Wildman–Crippen LogP) is 2.61. The summed E-state index contributed by atoms with van der Waals surface area (Å²) in [6.45, 7) is 5.51. The van der Waals surface area contributed by atoms with E-state index in [0.717, 1.165) is 34.7 Å². The fourth-order valence-electron chi connectivity index (χ4n) is 3.85. The summed E-state index contributed by atoms with van der Waals surface area (Å²) in [6.07, 6.45) is 1.75. The molecule has 1 aliphatic rings. The number of methoxy groups -OCH3 is 1. The van der Waals surface area contributed by atoms with Crippen molar-refractivity contribution in [2.75, 3.05) is 43.9 Å². The molecule has 1 saturated heterocycles. The summed E-state index contributed by atoms with van der Waals surface area (Å²) in [5, 5.41) is 1.02. The van der Waals surface area contributed by atoms with Gasteiger partial charge < -0.3 is 24.8 Å². The van der Waals surface area contributed by atoms with Crippen LogP contribution in [0.1, 0.15) is 17.4 Å². The first-order chi connectivity index (χ1) is 13.6. The molecule has 2 aromatic heterocycles. The first-order valence-corrected chi connectivity index (χ1v) is 9.54. The maximum Gasteiger partial charge on any atom is 0.270 e. The van der Waals surface area contributed by atoms with Crippen molar-refractivity contribution >= 4 is 28.3 Å². The zero-order chi connectivity index (χ0) is 19.7. The molecule has 0 radical (unpaired) electrons. The van der Waals surface area contributed by atoms with Gasteiger partial charge in [-0.1, -0.05) is 0 Å². The van der Waals surface area contributed by atoms with E-state index in [1.807, 2.05) is 41.3 Å². The fraction of sp³-hybridized carbons (Fsp3) is 0.333. The van der Waals surface area contributed by atoms with Crippen molar-refractivity contribution in [1.82, 2.24) is 14.5 Å². The molecule has 0 bridgehead atoms. The Kier molecular flexibility index (Phi) is 4.81. The van der Waals surface area contributed by atoms with Gasteiger partial charge in [0, 0.05) is 49.8 Å². The Morgan fingerprint density at radius 1 is 1.18 bits per heavy atom. The number of nitrogens with zero attached hydrogens (tertiary/aromatic N) is 4. The first-order valence-electron chi connectivity index (χ1n) is 9.54. The number of benzene rings is 1. The van der Waals surface area contributed by atoms with Crippen molar-refractivity contribution in [3.63, 3.8) is 0 Å². The average molecular weight is 379 g/mol. The van der Waals surface area contributed by atoms with Crippen molar-refractivity contribution < 1.29 is 9.53 Å². The van der Waals surface area contributed by atoms with E-state index in [9.17, 15) is 4.79 Å². The summed E-state index contributed by atoms with van der Waals surface area (Å²) in [5.74, 6) is 1.65. The number of carbonyl (C=O) groups is 1. The van der Waals surface area contributed by atoms with Crippen molar-refractivity contribution in [2.24, 2.45) is 0 Å². The molecule has 1 amide bonds. The Bertz CT molecular complexity index is 1010. The minimum atomic E-state index is 0.0608. The minimum Gasteiger partial charge on any atom is -0.497 e. The molecule has 7 heteroatoms. The number of piperazine rings is 1. The first kappa shape index (κ1) is 18.2. The van der Waals surface area contributed by atoms with Crippen LogP contribution < -0.4 is 15.4 Å². The van der Waals surface area contributed by atoms with Crippen LogP contribution in [0.2, 0.25) is 0 Å². The maximum absolute atomic E-state index is 13.2. The summed E-state index contributed by atoms with van der Waals surface area (Å²) in [7, 11) is 1.65. The lowest BCUT2D eigenvalue weighted by Crippen LogP contribution is -2.49. The number of hydrogen-bond acceptors (Lipinski definition) is 5. The number of nitrogens with two attached hydrogens (primary N) is 1. The van der Waals surface area contributed by atoms with Crippen LogP contribution in [-0.2, 0) is 6.54 Å². The van der Waals surface area contributed by atoms with Gasteiger partial charge in [0.05, 0.1) is 12.8 Å². The van der Waals surface area contributed by atoms with Gasteiger partial charge in [-0.3, -0.25) is 4.79 Å². The van der Waals surface area contributed by atoms with E-state index in [1.165, 1.54) is 0 Å². The molecular formula is C21H25N5O2. The van der Waals surface area contributed by atoms with Crippen molar-refractivity contribution in [1.29, 1.82) is 0 Å². The molecule has 7 nitrogen and oxygen atoms in total. The molecule has 0 atom stereocenters. The number of ether oxygens (including phenoxy) is 1. The monoisotopic (exact) mass is 379 g/mol. The largest absolute Gasteiger partial charge is 0.497 e. The second kappa shape index (κ2) is 7.42. The van der Waals surface area contributed by atoms with Gasteiger partial charge in [0.1, 0.15) is 11.4 Å². The van der Waals surface area contributed by atoms with Crippen LogP contribution in [0.4, 0.5) is 11.5 Å². The highest BCUT2D eigenvalue weighted by Gasteiger charge is 2.26. The van der Waals surface area contributed by atoms with Gasteiger partial charge in [-0.15, -0.1) is 0 Å². The number of aryl methyl sites for hydroxylation is 1. The van der Waals surface area contributed by atoms with Crippen LogP contribution in [-0.4, -0.2) is 53.6 Å². The average Bonchev–Trinajstić information content (AvgIpc) is 3.11. The van der Waals surface area contributed by atoms with Gasteiger partial charge >= 0.3 is 0 Å². The standard InChI is InChI=1S/C21H25N5O2/c1-3-26-18-7-6-16(28-2)13-15(18)14-19(26)21(27)25-11-9-24(10-12-25)20-17(22)5-4-8-23-20/h4-8,13-14H,3,9-12,22H2,1-2H3. The Morgan fingerprint density at radius 2 is 1.96 bits per heavy atom. The van der Waals surface area contributed by atoms with E-state index in [-0.39, 0.29) is 5.91 Å². The number of nitrogen functional groups attached to an aromatic ring is 1. The van der Waals surface area contributed by atoms with Gasteiger partial charge in [-0.2, -0.15) is 0 Å². The molecule has 3 heterocycles. The number of amides is 1. The van der Waals surface area contributed by atoms with E-state index in [2.05, 4.69) is 21.4 Å². The molecule has 2 N–H and O–H groups in total. The smallest absolute Gasteiger partial charge is 0.270 e. The van der Waals surface area contributed by atoms with Gasteiger partial charge in [-0.05, 0) is 43.3 Å². The third kappa shape index (κ3) is 3.13. The molecule has 1 aliphatic heterocycles. The third-order valence-corrected chi connectivity index (χ3v) is 5.33. The van der Waals surface area contributed by atoms with E-state index >= 15 is 0 Å². The van der Waals surface area contributed by atoms with Crippen LogP contribution in [0.15, 0.2) is 42.6 Å². The summed E-state index contributed by atoms with van der Waals surface area (Å²) in [5.41, 5.74) is 8.48.